The minimum Gasteiger partial charge on any atom is -0.172 e. The van der Waals surface area contributed by atoms with Crippen molar-refractivity contribution < 1.29 is 4.57 Å². The fraction of sp³-hybridized carbons (Fsp3) is 0.462. The van der Waals surface area contributed by atoms with Gasteiger partial charge in [0.1, 0.15) is 11.4 Å². The number of halogens is 2. The first-order chi connectivity index (χ1) is 21.2. The molecule has 4 aromatic rings. The Labute approximate surface area is 286 Å². The highest BCUT2D eigenvalue weighted by atomic mass is 35.5. The van der Waals surface area contributed by atoms with Crippen LogP contribution in [0.5, 0.6) is 0 Å². The highest BCUT2D eigenvalue weighted by Crippen LogP contribution is 2.38. The zero-order chi connectivity index (χ0) is 33.3. The van der Waals surface area contributed by atoms with Crippen LogP contribution in [-0.2, 0) is 0 Å². The van der Waals surface area contributed by atoms with E-state index in [1.165, 1.54) is 57.9 Å². The molecular formula is C39H51Cl2N2P2+. The number of hydrogen-bond donors (Lipinski definition) is 0. The summed E-state index contributed by atoms with van der Waals surface area (Å²) in [6.07, 6.45) is 0. The number of nitrogens with zero attached hydrogens (tertiary/aromatic N) is 2. The predicted octanol–water partition coefficient (Wildman–Crippen LogP) is 12.6. The number of rotatable bonds is 10. The van der Waals surface area contributed by atoms with Gasteiger partial charge in [0.2, 0.25) is 0 Å². The Morgan fingerprint density at radius 1 is 0.511 bits per heavy atom. The zero-order valence-corrected chi connectivity index (χ0v) is 32.5. The molecule has 0 fully saturated rings. The van der Waals surface area contributed by atoms with Gasteiger partial charge in [-0.2, -0.15) is 9.13 Å². The van der Waals surface area contributed by atoms with E-state index in [4.69, 9.17) is 23.2 Å². The number of hydrogen-bond acceptors (Lipinski definition) is 0. The normalized spacial score (nSPS) is 12.4. The van der Waals surface area contributed by atoms with Crippen molar-refractivity contribution in [1.82, 2.24) is 4.57 Å². The summed E-state index contributed by atoms with van der Waals surface area (Å²) in [5, 5.41) is 2.55. The molecule has 45 heavy (non-hydrogen) atoms. The van der Waals surface area contributed by atoms with Crippen molar-refractivity contribution in [2.45, 2.75) is 119 Å². The summed E-state index contributed by atoms with van der Waals surface area (Å²) < 4.78 is 4.58. The van der Waals surface area contributed by atoms with Crippen LogP contribution in [0.3, 0.4) is 0 Å². The molecule has 3 aromatic carbocycles. The Balaban J connectivity index is 2.25. The molecule has 0 amide bonds. The van der Waals surface area contributed by atoms with Crippen LogP contribution in [0.15, 0.2) is 54.6 Å². The van der Waals surface area contributed by atoms with Crippen molar-refractivity contribution >= 4 is 49.8 Å². The molecule has 4 rings (SSSR count). The Morgan fingerprint density at radius 2 is 0.867 bits per heavy atom. The molecule has 6 heteroatoms. The third kappa shape index (κ3) is 7.16. The molecule has 0 N–H and O–H groups in total. The standard InChI is InChI=1S/C39H51Cl2N2P2/c1-22(2)28-16-13-17-29(23(3)4)34(28)42-37(40)38(41)43(35-30(24(5)6)18-14-19-31(35)25(7)8)39(42)45-44-36-32(26(9)10)20-15-21-33(36)27(11)12/h13-27H,1-12H3/q+1. The maximum Gasteiger partial charge on any atom is 0.324 e. The Morgan fingerprint density at radius 3 is 1.24 bits per heavy atom. The average molecular weight is 681 g/mol. The van der Waals surface area contributed by atoms with E-state index in [2.05, 4.69) is 147 Å². The summed E-state index contributed by atoms with van der Waals surface area (Å²) in [6.45, 7) is 27.3. The summed E-state index contributed by atoms with van der Waals surface area (Å²) in [4.78, 5) is 0. The van der Waals surface area contributed by atoms with Crippen molar-refractivity contribution in [2.24, 2.45) is 0 Å². The number of para-hydroxylation sites is 2. The van der Waals surface area contributed by atoms with Gasteiger partial charge in [0.25, 0.3) is 10.3 Å². The Kier molecular flexibility index (Phi) is 11.9. The first-order valence-corrected chi connectivity index (χ1v) is 19.8. The molecule has 0 saturated heterocycles. The molecule has 0 unspecified atom stereocenters. The van der Waals surface area contributed by atoms with Crippen LogP contribution >= 0.6 is 38.9 Å². The van der Waals surface area contributed by atoms with Crippen molar-refractivity contribution in [3.05, 3.63) is 98.3 Å². The van der Waals surface area contributed by atoms with Crippen LogP contribution in [0, 0.1) is 0 Å². The third-order valence-electron chi connectivity index (χ3n) is 8.68. The fourth-order valence-electron chi connectivity index (χ4n) is 6.21. The lowest BCUT2D eigenvalue weighted by Gasteiger charge is -2.19. The topological polar surface area (TPSA) is 8.81 Å². The summed E-state index contributed by atoms with van der Waals surface area (Å²) in [5.41, 5.74) is 11.4. The number of imidazole rings is 1. The highest BCUT2D eigenvalue weighted by Gasteiger charge is 2.36. The molecule has 0 atom stereocenters. The molecule has 0 aliphatic heterocycles. The SMILES string of the molecule is CC(C)c1cccc(C(C)C)c1P=Pc1n(-c2c(C(C)C)cccc2C(C)C)c(Cl)c(Cl)[n+]1-c1c(C(C)C)cccc1C(C)C. The first kappa shape index (κ1) is 35.9. The van der Waals surface area contributed by atoms with Crippen molar-refractivity contribution in [1.29, 1.82) is 0 Å². The second-order valence-electron chi connectivity index (χ2n) is 14.0. The first-order valence-electron chi connectivity index (χ1n) is 16.5. The largest absolute Gasteiger partial charge is 0.324 e. The molecular weight excluding hydrogens is 629 g/mol. The lowest BCUT2D eigenvalue weighted by atomic mass is 9.92. The molecule has 0 radical (unpaired) electrons. The summed E-state index contributed by atoms with van der Waals surface area (Å²) >= 11 is 14.9. The molecule has 0 saturated carbocycles. The Bertz CT molecular complexity index is 1530. The molecule has 1 heterocycles. The van der Waals surface area contributed by atoms with E-state index in [9.17, 15) is 0 Å². The van der Waals surface area contributed by atoms with Gasteiger partial charge in [-0.05, 0) is 77.7 Å². The molecule has 240 valence electrons. The number of benzene rings is 3. The number of aromatic nitrogens is 2. The smallest absolute Gasteiger partial charge is 0.172 e. The summed E-state index contributed by atoms with van der Waals surface area (Å²) in [7, 11) is 2.33. The maximum absolute atomic E-state index is 7.47. The molecule has 0 spiro atoms. The molecule has 1 aromatic heterocycles. The van der Waals surface area contributed by atoms with E-state index < -0.39 is 0 Å². The van der Waals surface area contributed by atoms with Gasteiger partial charge in [-0.1, -0.05) is 138 Å². The minimum absolute atomic E-state index is 0.315. The predicted molar refractivity (Wildman–Crippen MR) is 201 cm³/mol. The van der Waals surface area contributed by atoms with Gasteiger partial charge in [-0.3, -0.25) is 0 Å². The van der Waals surface area contributed by atoms with Crippen LogP contribution in [0.2, 0.25) is 10.3 Å². The van der Waals surface area contributed by atoms with Gasteiger partial charge in [0, 0.05) is 27.6 Å². The molecule has 0 aliphatic carbocycles. The van der Waals surface area contributed by atoms with Crippen LogP contribution in [0.1, 0.15) is 152 Å². The van der Waals surface area contributed by atoms with Gasteiger partial charge in [-0.25, -0.2) is 0 Å². The van der Waals surface area contributed by atoms with Crippen LogP contribution in [-0.4, -0.2) is 4.57 Å². The van der Waals surface area contributed by atoms with Crippen molar-refractivity contribution in [3.8, 4) is 11.4 Å². The second-order valence-corrected chi connectivity index (χ2v) is 17.2. The summed E-state index contributed by atoms with van der Waals surface area (Å²) in [5.74, 6) is 2.11. The molecule has 2 nitrogen and oxygen atoms in total. The van der Waals surface area contributed by atoms with Crippen LogP contribution in [0.25, 0.3) is 11.4 Å². The molecule has 0 bridgehead atoms. The lowest BCUT2D eigenvalue weighted by molar-refractivity contribution is -0.573. The lowest BCUT2D eigenvalue weighted by Crippen LogP contribution is -2.46. The maximum atomic E-state index is 7.47. The second kappa shape index (κ2) is 14.9. The quantitative estimate of drug-likeness (QED) is 0.116. The van der Waals surface area contributed by atoms with Crippen LogP contribution in [0.4, 0.5) is 0 Å². The Hall–Kier alpha value is -1.95. The van der Waals surface area contributed by atoms with Crippen molar-refractivity contribution in [3.63, 3.8) is 0 Å². The average Bonchev–Trinajstić information content (AvgIpc) is 3.22. The van der Waals surface area contributed by atoms with Gasteiger partial charge >= 0.3 is 5.57 Å². The molecule has 0 aliphatic rings. The van der Waals surface area contributed by atoms with E-state index in [-0.39, 0.29) is 0 Å². The van der Waals surface area contributed by atoms with E-state index in [0.717, 1.165) is 13.4 Å². The van der Waals surface area contributed by atoms with Gasteiger partial charge in [0.15, 0.2) is 0 Å². The van der Waals surface area contributed by atoms with Crippen molar-refractivity contribution in [2.75, 3.05) is 0 Å². The van der Waals surface area contributed by atoms with E-state index >= 15 is 0 Å². The summed E-state index contributed by atoms with van der Waals surface area (Å²) in [6, 6.07) is 20.2. The van der Waals surface area contributed by atoms with Crippen LogP contribution < -0.4 is 15.4 Å². The van der Waals surface area contributed by atoms with E-state index in [1.54, 1.807) is 0 Å². The zero-order valence-electron chi connectivity index (χ0n) is 29.2. The monoisotopic (exact) mass is 679 g/mol. The van der Waals surface area contributed by atoms with E-state index in [0.29, 0.717) is 45.8 Å². The van der Waals surface area contributed by atoms with Gasteiger partial charge in [0.05, 0.1) is 7.87 Å². The van der Waals surface area contributed by atoms with Gasteiger partial charge < -0.3 is 0 Å². The third-order valence-corrected chi connectivity index (χ3v) is 12.3. The highest BCUT2D eigenvalue weighted by molar-refractivity contribution is 7.91. The van der Waals surface area contributed by atoms with E-state index in [1.807, 2.05) is 0 Å². The minimum atomic E-state index is 0.315. The fourth-order valence-corrected chi connectivity index (χ4v) is 10.3. The van der Waals surface area contributed by atoms with Gasteiger partial charge in [-0.15, -0.1) is 0 Å².